The van der Waals surface area contributed by atoms with Crippen molar-refractivity contribution < 1.29 is 9.13 Å². The number of halogens is 1. The maximum Gasteiger partial charge on any atom is 0.167 e. The van der Waals surface area contributed by atoms with Crippen LogP contribution in [0.2, 0.25) is 0 Å². The lowest BCUT2D eigenvalue weighted by molar-refractivity contribution is 0.301. The molecule has 0 amide bonds. The molecule has 4 heteroatoms. The molecule has 17 heavy (non-hydrogen) atoms. The Morgan fingerprint density at radius 2 is 2.29 bits per heavy atom. The number of hydrogen-bond donors (Lipinski definition) is 2. The van der Waals surface area contributed by atoms with E-state index in [4.69, 9.17) is 10.5 Å². The fourth-order valence-electron chi connectivity index (χ4n) is 1.35. The zero-order valence-corrected chi connectivity index (χ0v) is 10.1. The van der Waals surface area contributed by atoms with Crippen LogP contribution in [-0.4, -0.2) is 13.2 Å². The first-order chi connectivity index (χ1) is 8.19. The number of nitrogens with one attached hydrogen (secondary N) is 1. The molecule has 0 saturated heterocycles. The molecule has 0 aliphatic rings. The molecule has 3 N–H and O–H groups in total. The SMILES string of the molecule is C=CCCNc1cc(OCCC)c(F)cc1N. The van der Waals surface area contributed by atoms with Crippen molar-refractivity contribution in [2.75, 3.05) is 24.2 Å². The smallest absolute Gasteiger partial charge is 0.167 e. The van der Waals surface area contributed by atoms with Gasteiger partial charge in [0.2, 0.25) is 0 Å². The lowest BCUT2D eigenvalue weighted by atomic mass is 10.2. The third-order valence-corrected chi connectivity index (χ3v) is 2.23. The molecular weight excluding hydrogens is 219 g/mol. The highest BCUT2D eigenvalue weighted by Gasteiger charge is 2.08. The van der Waals surface area contributed by atoms with Gasteiger partial charge in [-0.15, -0.1) is 6.58 Å². The minimum absolute atomic E-state index is 0.238. The van der Waals surface area contributed by atoms with Gasteiger partial charge >= 0.3 is 0 Å². The summed E-state index contributed by atoms with van der Waals surface area (Å²) in [6, 6.07) is 2.88. The largest absolute Gasteiger partial charge is 0.490 e. The highest BCUT2D eigenvalue weighted by atomic mass is 19.1. The van der Waals surface area contributed by atoms with Crippen molar-refractivity contribution in [1.82, 2.24) is 0 Å². The first kappa shape index (κ1) is 13.4. The molecule has 0 radical (unpaired) electrons. The van der Waals surface area contributed by atoms with E-state index in [1.165, 1.54) is 6.07 Å². The maximum atomic E-state index is 13.5. The van der Waals surface area contributed by atoms with Gasteiger partial charge in [0.1, 0.15) is 0 Å². The first-order valence-corrected chi connectivity index (χ1v) is 5.75. The number of benzene rings is 1. The minimum atomic E-state index is -0.426. The zero-order valence-electron chi connectivity index (χ0n) is 10.1. The summed E-state index contributed by atoms with van der Waals surface area (Å²) in [6.07, 6.45) is 3.46. The van der Waals surface area contributed by atoms with Crippen LogP contribution in [0, 0.1) is 5.82 Å². The Morgan fingerprint density at radius 1 is 1.53 bits per heavy atom. The van der Waals surface area contributed by atoms with Crippen molar-refractivity contribution in [2.45, 2.75) is 19.8 Å². The number of hydrogen-bond acceptors (Lipinski definition) is 3. The van der Waals surface area contributed by atoms with Gasteiger partial charge in [-0.1, -0.05) is 13.0 Å². The second-order valence-electron chi connectivity index (χ2n) is 3.72. The van der Waals surface area contributed by atoms with Crippen LogP contribution < -0.4 is 15.8 Å². The van der Waals surface area contributed by atoms with Gasteiger partial charge in [-0.05, 0) is 12.8 Å². The standard InChI is InChI=1S/C13H19FN2O/c1-3-5-6-16-12-9-13(17-7-4-2)10(14)8-11(12)15/h3,8-9,16H,1,4-7,15H2,2H3. The van der Waals surface area contributed by atoms with Crippen LogP contribution in [0.4, 0.5) is 15.8 Å². The van der Waals surface area contributed by atoms with Crippen molar-refractivity contribution in [3.05, 3.63) is 30.6 Å². The molecule has 3 nitrogen and oxygen atoms in total. The molecule has 0 aromatic heterocycles. The van der Waals surface area contributed by atoms with Crippen molar-refractivity contribution in [3.8, 4) is 5.75 Å². The Kier molecular flexibility index (Phi) is 5.33. The van der Waals surface area contributed by atoms with Gasteiger partial charge in [-0.25, -0.2) is 4.39 Å². The van der Waals surface area contributed by atoms with Crippen LogP contribution >= 0.6 is 0 Å². The van der Waals surface area contributed by atoms with E-state index in [1.54, 1.807) is 12.1 Å². The monoisotopic (exact) mass is 238 g/mol. The van der Waals surface area contributed by atoms with Crippen molar-refractivity contribution in [1.29, 1.82) is 0 Å². The van der Waals surface area contributed by atoms with Crippen LogP contribution in [0.5, 0.6) is 5.75 Å². The second-order valence-corrected chi connectivity index (χ2v) is 3.72. The van der Waals surface area contributed by atoms with E-state index in [2.05, 4.69) is 11.9 Å². The van der Waals surface area contributed by atoms with Crippen LogP contribution in [-0.2, 0) is 0 Å². The fraction of sp³-hybridized carbons (Fsp3) is 0.385. The highest BCUT2D eigenvalue weighted by molar-refractivity contribution is 5.68. The fourth-order valence-corrected chi connectivity index (χ4v) is 1.35. The first-order valence-electron chi connectivity index (χ1n) is 5.75. The molecular formula is C13H19FN2O. The highest BCUT2D eigenvalue weighted by Crippen LogP contribution is 2.28. The van der Waals surface area contributed by atoms with Crippen molar-refractivity contribution in [2.24, 2.45) is 0 Å². The molecule has 0 bridgehead atoms. The Hall–Kier alpha value is -1.71. The molecule has 0 atom stereocenters. The van der Waals surface area contributed by atoms with E-state index in [0.29, 0.717) is 24.5 Å². The predicted octanol–water partition coefficient (Wildman–Crippen LogP) is 3.18. The summed E-state index contributed by atoms with van der Waals surface area (Å²) in [5.41, 5.74) is 6.80. The molecule has 1 aromatic rings. The summed E-state index contributed by atoms with van der Waals surface area (Å²) in [5, 5.41) is 3.11. The lowest BCUT2D eigenvalue weighted by Gasteiger charge is -2.12. The average Bonchev–Trinajstić information content (AvgIpc) is 2.31. The maximum absolute atomic E-state index is 13.5. The van der Waals surface area contributed by atoms with Gasteiger partial charge in [-0.2, -0.15) is 0 Å². The van der Waals surface area contributed by atoms with Crippen LogP contribution in [0.1, 0.15) is 19.8 Å². The topological polar surface area (TPSA) is 47.3 Å². The third-order valence-electron chi connectivity index (χ3n) is 2.23. The van der Waals surface area contributed by atoms with E-state index in [9.17, 15) is 4.39 Å². The van der Waals surface area contributed by atoms with Crippen LogP contribution in [0.3, 0.4) is 0 Å². The number of rotatable bonds is 7. The normalized spacial score (nSPS) is 10.0. The lowest BCUT2D eigenvalue weighted by Crippen LogP contribution is -2.05. The van der Waals surface area contributed by atoms with Crippen LogP contribution in [0.25, 0.3) is 0 Å². The zero-order chi connectivity index (χ0) is 12.7. The Balaban J connectivity index is 2.77. The van der Waals surface area contributed by atoms with E-state index < -0.39 is 5.82 Å². The number of anilines is 2. The molecule has 1 aromatic carbocycles. The summed E-state index contributed by atoms with van der Waals surface area (Å²) >= 11 is 0. The molecule has 0 unspecified atom stereocenters. The number of ether oxygens (including phenoxy) is 1. The molecule has 1 rings (SSSR count). The van der Waals surface area contributed by atoms with Crippen LogP contribution in [0.15, 0.2) is 24.8 Å². The molecule has 94 valence electrons. The van der Waals surface area contributed by atoms with E-state index in [-0.39, 0.29) is 5.75 Å². The minimum Gasteiger partial charge on any atom is -0.490 e. The average molecular weight is 238 g/mol. The Labute approximate surface area is 101 Å². The van der Waals surface area contributed by atoms with Crippen molar-refractivity contribution >= 4 is 11.4 Å². The summed E-state index contributed by atoms with van der Waals surface area (Å²) in [4.78, 5) is 0. The molecule has 0 heterocycles. The van der Waals surface area contributed by atoms with E-state index >= 15 is 0 Å². The summed E-state index contributed by atoms with van der Waals surface area (Å²) in [6.45, 7) is 6.81. The van der Waals surface area contributed by atoms with Crippen molar-refractivity contribution in [3.63, 3.8) is 0 Å². The van der Waals surface area contributed by atoms with Gasteiger partial charge in [0.05, 0.1) is 18.0 Å². The number of nitrogens with two attached hydrogens (primary N) is 1. The van der Waals surface area contributed by atoms with E-state index in [0.717, 1.165) is 12.8 Å². The van der Waals surface area contributed by atoms with Gasteiger partial charge in [0.15, 0.2) is 11.6 Å². The van der Waals surface area contributed by atoms with Gasteiger partial charge in [0, 0.05) is 18.7 Å². The molecule has 0 aliphatic carbocycles. The second kappa shape index (κ2) is 6.78. The number of nitrogen functional groups attached to an aromatic ring is 1. The molecule has 0 spiro atoms. The molecule has 0 aliphatic heterocycles. The Bertz CT molecular complexity index is 380. The predicted molar refractivity (Wildman–Crippen MR) is 69.9 cm³/mol. The quantitative estimate of drug-likeness (QED) is 0.435. The van der Waals surface area contributed by atoms with Gasteiger partial charge in [-0.3, -0.25) is 0 Å². The molecule has 0 fully saturated rings. The summed E-state index contributed by atoms with van der Waals surface area (Å²) in [5.74, 6) is -0.188. The summed E-state index contributed by atoms with van der Waals surface area (Å²) in [7, 11) is 0. The van der Waals surface area contributed by atoms with E-state index in [1.807, 2.05) is 6.92 Å². The molecule has 0 saturated carbocycles. The Morgan fingerprint density at radius 3 is 2.94 bits per heavy atom. The third kappa shape index (κ3) is 3.98. The summed E-state index contributed by atoms with van der Waals surface area (Å²) < 4.78 is 18.8. The van der Waals surface area contributed by atoms with Gasteiger partial charge in [0.25, 0.3) is 0 Å². The van der Waals surface area contributed by atoms with Gasteiger partial charge < -0.3 is 15.8 Å².